The molecule has 2 N–H and O–H groups in total. The minimum Gasteiger partial charge on any atom is -0.384 e. The summed E-state index contributed by atoms with van der Waals surface area (Å²) in [6, 6.07) is 5.50. The van der Waals surface area contributed by atoms with Gasteiger partial charge in [-0.3, -0.25) is 0 Å². The molecule has 92 valence electrons. The summed E-state index contributed by atoms with van der Waals surface area (Å²) in [6.45, 7) is 6.02. The van der Waals surface area contributed by atoms with Crippen molar-refractivity contribution in [2.24, 2.45) is 11.1 Å². The van der Waals surface area contributed by atoms with Gasteiger partial charge in [-0.05, 0) is 6.42 Å². The normalized spacial score (nSPS) is 21.0. The van der Waals surface area contributed by atoms with Crippen LogP contribution >= 0.6 is 0 Å². The van der Waals surface area contributed by atoms with E-state index >= 15 is 0 Å². The van der Waals surface area contributed by atoms with E-state index in [0.717, 1.165) is 6.42 Å². The molecule has 5 nitrogen and oxygen atoms in total. The van der Waals surface area contributed by atoms with E-state index in [9.17, 15) is 10.5 Å². The van der Waals surface area contributed by atoms with Crippen molar-refractivity contribution in [2.75, 3.05) is 6.54 Å². The molecule has 0 aromatic rings. The molecule has 0 aromatic carbocycles. The van der Waals surface area contributed by atoms with Gasteiger partial charge in [0.1, 0.15) is 17.5 Å². The van der Waals surface area contributed by atoms with Crippen LogP contribution in [0.3, 0.4) is 0 Å². The average Bonchev–Trinajstić information content (AvgIpc) is 2.61. The largest absolute Gasteiger partial charge is 0.384 e. The van der Waals surface area contributed by atoms with Crippen molar-refractivity contribution in [1.82, 2.24) is 4.90 Å². The number of nitrogens with two attached hydrogens (primary N) is 1. The lowest BCUT2D eigenvalue weighted by molar-refractivity contribution is 0.233. The summed E-state index contributed by atoms with van der Waals surface area (Å²) in [7, 11) is 0. The Labute approximate surface area is 107 Å². The highest BCUT2D eigenvalue weighted by Gasteiger charge is 2.53. The van der Waals surface area contributed by atoms with Gasteiger partial charge in [-0.25, -0.2) is 0 Å². The molecule has 0 bridgehead atoms. The van der Waals surface area contributed by atoms with E-state index in [4.69, 9.17) is 11.0 Å². The van der Waals surface area contributed by atoms with E-state index in [0.29, 0.717) is 13.0 Å². The Morgan fingerprint density at radius 2 is 2.06 bits per heavy atom. The van der Waals surface area contributed by atoms with Crippen LogP contribution in [0.15, 0.2) is 24.0 Å². The van der Waals surface area contributed by atoms with Crippen LogP contribution in [0, 0.1) is 39.4 Å². The van der Waals surface area contributed by atoms with Crippen LogP contribution in [0.1, 0.15) is 19.8 Å². The SMILES string of the molecule is C=CCN1C(N)=C(C#N)C(C#N)(C#N)C1CCC. The van der Waals surface area contributed by atoms with Gasteiger partial charge >= 0.3 is 0 Å². The second-order valence-corrected chi connectivity index (χ2v) is 4.15. The number of hydrogen-bond donors (Lipinski definition) is 1. The fourth-order valence-corrected chi connectivity index (χ4v) is 2.36. The standard InChI is InChI=1S/C13H15N5/c1-3-5-11-13(8-15,9-16)10(7-14)12(17)18(11)6-4-2/h4,11H,2-3,5-6,17H2,1H3. The molecule has 0 saturated heterocycles. The van der Waals surface area contributed by atoms with Gasteiger partial charge in [0.2, 0.25) is 5.41 Å². The zero-order valence-corrected chi connectivity index (χ0v) is 10.3. The predicted octanol–water partition coefficient (Wildman–Crippen LogP) is 1.38. The van der Waals surface area contributed by atoms with Gasteiger partial charge in [-0.1, -0.05) is 19.4 Å². The Morgan fingerprint density at radius 1 is 1.44 bits per heavy atom. The minimum absolute atomic E-state index is 0.0628. The third-order valence-corrected chi connectivity index (χ3v) is 3.19. The van der Waals surface area contributed by atoms with Gasteiger partial charge in [0, 0.05) is 6.54 Å². The summed E-state index contributed by atoms with van der Waals surface area (Å²) in [5.41, 5.74) is 4.50. The molecule has 0 aromatic heterocycles. The molecule has 0 radical (unpaired) electrons. The molecular formula is C13H15N5. The number of nitriles is 3. The third kappa shape index (κ3) is 1.69. The molecule has 18 heavy (non-hydrogen) atoms. The molecule has 1 aliphatic rings. The smallest absolute Gasteiger partial charge is 0.201 e. The summed E-state index contributed by atoms with van der Waals surface area (Å²) in [5.74, 6) is 0.221. The number of nitrogens with zero attached hydrogens (tertiary/aromatic N) is 4. The van der Waals surface area contributed by atoms with Crippen molar-refractivity contribution in [3.8, 4) is 18.2 Å². The molecule has 1 heterocycles. The predicted molar refractivity (Wildman–Crippen MR) is 66.1 cm³/mol. The minimum atomic E-state index is -1.46. The van der Waals surface area contributed by atoms with Gasteiger partial charge in [0.25, 0.3) is 0 Å². The first-order chi connectivity index (χ1) is 8.62. The molecule has 1 unspecified atom stereocenters. The Balaban J connectivity index is 3.40. The Hall–Kier alpha value is -2.45. The van der Waals surface area contributed by atoms with E-state index in [1.165, 1.54) is 0 Å². The highest BCUT2D eigenvalue weighted by atomic mass is 15.3. The summed E-state index contributed by atoms with van der Waals surface area (Å²) < 4.78 is 0. The monoisotopic (exact) mass is 241 g/mol. The Kier molecular flexibility index (Phi) is 3.97. The fraction of sp³-hybridized carbons (Fsp3) is 0.462. The first kappa shape index (κ1) is 13.6. The third-order valence-electron chi connectivity index (χ3n) is 3.19. The van der Waals surface area contributed by atoms with Gasteiger partial charge in [-0.2, -0.15) is 15.8 Å². The van der Waals surface area contributed by atoms with Gasteiger partial charge in [-0.15, -0.1) is 6.58 Å². The van der Waals surface area contributed by atoms with Gasteiger partial charge < -0.3 is 10.6 Å². The fourth-order valence-electron chi connectivity index (χ4n) is 2.36. The number of hydrogen-bond acceptors (Lipinski definition) is 5. The molecule has 1 aliphatic heterocycles. The first-order valence-electron chi connectivity index (χ1n) is 5.73. The van der Waals surface area contributed by atoms with E-state index in [2.05, 4.69) is 6.58 Å². The van der Waals surface area contributed by atoms with Crippen LogP contribution in [-0.2, 0) is 0 Å². The van der Waals surface area contributed by atoms with Crippen LogP contribution in [0.5, 0.6) is 0 Å². The quantitative estimate of drug-likeness (QED) is 0.749. The maximum Gasteiger partial charge on any atom is 0.201 e. The van der Waals surface area contributed by atoms with Crippen LogP contribution in [0.25, 0.3) is 0 Å². The molecule has 0 fully saturated rings. The van der Waals surface area contributed by atoms with Crippen molar-refractivity contribution >= 4 is 0 Å². The van der Waals surface area contributed by atoms with Crippen molar-refractivity contribution in [3.63, 3.8) is 0 Å². The number of rotatable bonds is 4. The second-order valence-electron chi connectivity index (χ2n) is 4.15. The Bertz CT molecular complexity index is 483. The maximum atomic E-state index is 9.35. The summed E-state index contributed by atoms with van der Waals surface area (Å²) in [4.78, 5) is 1.72. The lowest BCUT2D eigenvalue weighted by atomic mass is 9.77. The van der Waals surface area contributed by atoms with Gasteiger partial charge in [0.05, 0.1) is 18.2 Å². The summed E-state index contributed by atoms with van der Waals surface area (Å²) >= 11 is 0. The average molecular weight is 241 g/mol. The first-order valence-corrected chi connectivity index (χ1v) is 5.73. The zero-order chi connectivity index (χ0) is 13.8. The molecule has 1 atom stereocenters. The van der Waals surface area contributed by atoms with E-state index in [-0.39, 0.29) is 17.4 Å². The van der Waals surface area contributed by atoms with Crippen LogP contribution in [0.2, 0.25) is 0 Å². The summed E-state index contributed by atoms with van der Waals surface area (Å²) in [5, 5.41) is 27.9. The molecule has 0 amide bonds. The highest BCUT2D eigenvalue weighted by Crippen LogP contribution is 2.43. The molecule has 0 aliphatic carbocycles. The van der Waals surface area contributed by atoms with Crippen molar-refractivity contribution in [3.05, 3.63) is 24.0 Å². The molecule has 5 heteroatoms. The lowest BCUT2D eigenvalue weighted by Gasteiger charge is -2.30. The van der Waals surface area contributed by atoms with Crippen LogP contribution in [0.4, 0.5) is 0 Å². The lowest BCUT2D eigenvalue weighted by Crippen LogP contribution is -2.41. The van der Waals surface area contributed by atoms with E-state index < -0.39 is 5.41 Å². The second kappa shape index (κ2) is 5.25. The maximum absolute atomic E-state index is 9.35. The van der Waals surface area contributed by atoms with Gasteiger partial charge in [0.15, 0.2) is 0 Å². The zero-order valence-electron chi connectivity index (χ0n) is 10.3. The van der Waals surface area contributed by atoms with Crippen molar-refractivity contribution in [1.29, 1.82) is 15.8 Å². The van der Waals surface area contributed by atoms with Crippen molar-refractivity contribution in [2.45, 2.75) is 25.8 Å². The van der Waals surface area contributed by atoms with Crippen molar-refractivity contribution < 1.29 is 0 Å². The molecule has 0 saturated carbocycles. The van der Waals surface area contributed by atoms with Crippen LogP contribution < -0.4 is 5.73 Å². The Morgan fingerprint density at radius 3 is 2.44 bits per heavy atom. The summed E-state index contributed by atoms with van der Waals surface area (Å²) in [6.07, 6.45) is 3.07. The van der Waals surface area contributed by atoms with E-state index in [1.54, 1.807) is 11.0 Å². The molecule has 1 rings (SSSR count). The topological polar surface area (TPSA) is 101 Å². The molecular weight excluding hydrogens is 226 g/mol. The van der Waals surface area contributed by atoms with E-state index in [1.807, 2.05) is 25.1 Å². The highest BCUT2D eigenvalue weighted by molar-refractivity contribution is 5.50. The van der Waals surface area contributed by atoms with Crippen LogP contribution in [-0.4, -0.2) is 17.5 Å². The molecule has 0 spiro atoms.